The first-order valence-electron chi connectivity index (χ1n) is 6.43. The molecular weight excluding hydrogens is 220 g/mol. The second kappa shape index (κ2) is 7.50. The monoisotopic (exact) mass is 244 g/mol. The molecule has 5 heteroatoms. The van der Waals surface area contributed by atoms with Crippen LogP contribution in [0.15, 0.2) is 0 Å². The molecular formula is C12H24N2O3. The van der Waals surface area contributed by atoms with E-state index in [0.29, 0.717) is 25.1 Å². The van der Waals surface area contributed by atoms with Crippen LogP contribution in [0, 0.1) is 5.92 Å². The summed E-state index contributed by atoms with van der Waals surface area (Å²) in [7, 11) is 0. The van der Waals surface area contributed by atoms with E-state index in [1.165, 1.54) is 0 Å². The van der Waals surface area contributed by atoms with Gasteiger partial charge in [0.1, 0.15) is 0 Å². The average molecular weight is 244 g/mol. The Bertz CT molecular complexity index is 236. The van der Waals surface area contributed by atoms with E-state index >= 15 is 0 Å². The van der Waals surface area contributed by atoms with Crippen molar-refractivity contribution in [2.45, 2.75) is 32.7 Å². The van der Waals surface area contributed by atoms with Gasteiger partial charge in [-0.2, -0.15) is 0 Å². The third-order valence-corrected chi connectivity index (χ3v) is 2.95. The topological polar surface area (TPSA) is 61.8 Å². The first-order valence-corrected chi connectivity index (χ1v) is 6.43. The first-order chi connectivity index (χ1) is 8.17. The Hall–Kier alpha value is -0.810. The molecule has 1 rings (SSSR count). The molecule has 0 aromatic carbocycles. The summed E-state index contributed by atoms with van der Waals surface area (Å²) in [5, 5.41) is 12.1. The number of amides is 1. The van der Waals surface area contributed by atoms with Crippen LogP contribution in [0.1, 0.15) is 26.7 Å². The number of nitrogens with zero attached hydrogens (tertiary/aromatic N) is 1. The highest BCUT2D eigenvalue weighted by atomic mass is 16.6. The van der Waals surface area contributed by atoms with Gasteiger partial charge in [0.2, 0.25) is 0 Å². The Balaban J connectivity index is 2.38. The normalized spacial score (nSPS) is 24.8. The summed E-state index contributed by atoms with van der Waals surface area (Å²) in [5.41, 5.74) is 0. The smallest absolute Gasteiger partial charge is 0.409 e. The molecule has 2 N–H and O–H groups in total. The van der Waals surface area contributed by atoms with Crippen LogP contribution in [0.5, 0.6) is 0 Å². The number of carbonyl (C=O) groups is 1. The summed E-state index contributed by atoms with van der Waals surface area (Å²) in [6.45, 7) is 6.87. The van der Waals surface area contributed by atoms with Crippen LogP contribution in [0.3, 0.4) is 0 Å². The van der Waals surface area contributed by atoms with Crippen molar-refractivity contribution in [3.05, 3.63) is 0 Å². The standard InChI is InChI=1S/C12H24N2O3/c1-3-17-12(16)14-8-10(2)7-11(9-14)13-5-4-6-15/h10-11,13,15H,3-9H2,1-2H3. The van der Waals surface area contributed by atoms with Crippen molar-refractivity contribution in [2.75, 3.05) is 32.8 Å². The van der Waals surface area contributed by atoms with E-state index in [9.17, 15) is 4.79 Å². The Morgan fingerprint density at radius 2 is 2.29 bits per heavy atom. The summed E-state index contributed by atoms with van der Waals surface area (Å²) in [4.78, 5) is 13.4. The molecule has 1 saturated heterocycles. The third kappa shape index (κ3) is 4.91. The number of ether oxygens (including phenoxy) is 1. The molecule has 2 atom stereocenters. The maximum atomic E-state index is 11.7. The first kappa shape index (κ1) is 14.3. The van der Waals surface area contributed by atoms with Gasteiger partial charge in [-0.25, -0.2) is 4.79 Å². The fourth-order valence-electron chi connectivity index (χ4n) is 2.25. The van der Waals surface area contributed by atoms with E-state index in [-0.39, 0.29) is 12.7 Å². The van der Waals surface area contributed by atoms with Gasteiger partial charge < -0.3 is 20.1 Å². The van der Waals surface area contributed by atoms with Gasteiger partial charge in [0, 0.05) is 25.7 Å². The molecule has 0 aromatic rings. The summed E-state index contributed by atoms with van der Waals surface area (Å²) >= 11 is 0. The maximum Gasteiger partial charge on any atom is 0.409 e. The minimum absolute atomic E-state index is 0.205. The zero-order valence-corrected chi connectivity index (χ0v) is 10.8. The van der Waals surface area contributed by atoms with Gasteiger partial charge in [0.15, 0.2) is 0 Å². The van der Waals surface area contributed by atoms with E-state index in [0.717, 1.165) is 25.9 Å². The molecule has 1 heterocycles. The summed E-state index contributed by atoms with van der Waals surface area (Å²) in [5.74, 6) is 0.486. The fourth-order valence-corrected chi connectivity index (χ4v) is 2.25. The van der Waals surface area contributed by atoms with E-state index < -0.39 is 0 Å². The molecule has 0 saturated carbocycles. The molecule has 2 unspecified atom stereocenters. The van der Waals surface area contributed by atoms with Crippen molar-refractivity contribution in [3.63, 3.8) is 0 Å². The zero-order valence-electron chi connectivity index (χ0n) is 10.8. The largest absolute Gasteiger partial charge is 0.450 e. The predicted octanol–water partition coefficient (Wildman–Crippen LogP) is 0.825. The lowest BCUT2D eigenvalue weighted by molar-refractivity contribution is 0.0812. The Morgan fingerprint density at radius 3 is 2.94 bits per heavy atom. The number of carbonyl (C=O) groups excluding carboxylic acids is 1. The van der Waals surface area contributed by atoms with Crippen LogP contribution in [0.25, 0.3) is 0 Å². The molecule has 1 aliphatic heterocycles. The number of aliphatic hydroxyl groups is 1. The highest BCUT2D eigenvalue weighted by Gasteiger charge is 2.27. The van der Waals surface area contributed by atoms with Crippen LogP contribution in [-0.4, -0.2) is 55.0 Å². The average Bonchev–Trinajstić information content (AvgIpc) is 2.29. The molecule has 0 aliphatic carbocycles. The van der Waals surface area contributed by atoms with E-state index in [1.807, 2.05) is 6.92 Å². The Morgan fingerprint density at radius 1 is 1.53 bits per heavy atom. The molecule has 0 radical (unpaired) electrons. The van der Waals surface area contributed by atoms with Crippen molar-refractivity contribution in [1.82, 2.24) is 10.2 Å². The van der Waals surface area contributed by atoms with E-state index in [2.05, 4.69) is 12.2 Å². The van der Waals surface area contributed by atoms with Gasteiger partial charge in [0.05, 0.1) is 6.61 Å². The number of nitrogens with one attached hydrogen (secondary N) is 1. The molecule has 17 heavy (non-hydrogen) atoms. The van der Waals surface area contributed by atoms with Gasteiger partial charge >= 0.3 is 6.09 Å². The van der Waals surface area contributed by atoms with Crippen LogP contribution in [-0.2, 0) is 4.74 Å². The lowest BCUT2D eigenvalue weighted by Gasteiger charge is -2.36. The van der Waals surface area contributed by atoms with Crippen LogP contribution >= 0.6 is 0 Å². The van der Waals surface area contributed by atoms with Gasteiger partial charge in [0.25, 0.3) is 0 Å². The molecule has 0 spiro atoms. The highest BCUT2D eigenvalue weighted by molar-refractivity contribution is 5.67. The lowest BCUT2D eigenvalue weighted by Crippen LogP contribution is -2.51. The molecule has 1 aliphatic rings. The number of likely N-dealkylation sites (tertiary alicyclic amines) is 1. The van der Waals surface area contributed by atoms with Crippen molar-refractivity contribution >= 4 is 6.09 Å². The van der Waals surface area contributed by atoms with Crippen molar-refractivity contribution in [2.24, 2.45) is 5.92 Å². The van der Waals surface area contributed by atoms with Crippen molar-refractivity contribution in [3.8, 4) is 0 Å². The molecule has 1 amide bonds. The quantitative estimate of drug-likeness (QED) is 0.703. The summed E-state index contributed by atoms with van der Waals surface area (Å²) < 4.78 is 5.02. The van der Waals surface area contributed by atoms with Crippen LogP contribution in [0.4, 0.5) is 4.79 Å². The molecule has 100 valence electrons. The second-order valence-electron chi connectivity index (χ2n) is 4.67. The summed E-state index contributed by atoms with van der Waals surface area (Å²) in [6.07, 6.45) is 1.61. The van der Waals surface area contributed by atoms with Gasteiger partial charge in [-0.1, -0.05) is 6.92 Å². The maximum absolute atomic E-state index is 11.7. The zero-order chi connectivity index (χ0) is 12.7. The van der Waals surface area contributed by atoms with Crippen LogP contribution in [0.2, 0.25) is 0 Å². The van der Waals surface area contributed by atoms with Gasteiger partial charge in [-0.3, -0.25) is 0 Å². The number of piperidine rings is 1. The van der Waals surface area contributed by atoms with Gasteiger partial charge in [-0.05, 0) is 32.2 Å². The van der Waals surface area contributed by atoms with Crippen LogP contribution < -0.4 is 5.32 Å². The van der Waals surface area contributed by atoms with E-state index in [4.69, 9.17) is 9.84 Å². The highest BCUT2D eigenvalue weighted by Crippen LogP contribution is 2.17. The lowest BCUT2D eigenvalue weighted by atomic mass is 9.96. The Labute approximate surface area is 103 Å². The fraction of sp³-hybridized carbons (Fsp3) is 0.917. The molecule has 0 bridgehead atoms. The second-order valence-corrected chi connectivity index (χ2v) is 4.67. The number of hydrogen-bond donors (Lipinski definition) is 2. The summed E-state index contributed by atoms with van der Waals surface area (Å²) in [6, 6.07) is 0.315. The SMILES string of the molecule is CCOC(=O)N1CC(C)CC(NCCCO)C1. The molecule has 0 aromatic heterocycles. The van der Waals surface area contributed by atoms with Crippen molar-refractivity contribution < 1.29 is 14.6 Å². The van der Waals surface area contributed by atoms with Crippen molar-refractivity contribution in [1.29, 1.82) is 0 Å². The number of rotatable bonds is 5. The molecule has 5 nitrogen and oxygen atoms in total. The number of aliphatic hydroxyl groups excluding tert-OH is 1. The minimum atomic E-state index is -0.215. The predicted molar refractivity (Wildman–Crippen MR) is 65.9 cm³/mol. The molecule has 1 fully saturated rings. The number of hydrogen-bond acceptors (Lipinski definition) is 4. The third-order valence-electron chi connectivity index (χ3n) is 2.95. The van der Waals surface area contributed by atoms with E-state index in [1.54, 1.807) is 4.90 Å². The Kier molecular flexibility index (Phi) is 6.29. The van der Waals surface area contributed by atoms with Gasteiger partial charge in [-0.15, -0.1) is 0 Å². The minimum Gasteiger partial charge on any atom is -0.450 e.